The molecule has 0 bridgehead atoms. The van der Waals surface area contributed by atoms with Gasteiger partial charge < -0.3 is 10.2 Å². The second-order valence-corrected chi connectivity index (χ2v) is 5.99. The Morgan fingerprint density at radius 3 is 2.46 bits per heavy atom. The van der Waals surface area contributed by atoms with Crippen molar-refractivity contribution in [1.29, 1.82) is 5.26 Å². The quantitative estimate of drug-likeness (QED) is 0.911. The molecule has 1 fully saturated rings. The van der Waals surface area contributed by atoms with Crippen LogP contribution in [0.3, 0.4) is 0 Å². The van der Waals surface area contributed by atoms with Crippen molar-refractivity contribution in [1.82, 2.24) is 4.90 Å². The lowest BCUT2D eigenvalue weighted by molar-refractivity contribution is 0.183. The smallest absolute Gasteiger partial charge is 0.321 e. The van der Waals surface area contributed by atoms with Crippen LogP contribution in [0.15, 0.2) is 54.6 Å². The van der Waals surface area contributed by atoms with E-state index in [0.29, 0.717) is 31.6 Å². The summed E-state index contributed by atoms with van der Waals surface area (Å²) in [6, 6.07) is 17.7. The van der Waals surface area contributed by atoms with Gasteiger partial charge in [0.15, 0.2) is 0 Å². The van der Waals surface area contributed by atoms with Gasteiger partial charge in [-0.3, -0.25) is 0 Å². The third-order valence-corrected chi connectivity index (χ3v) is 4.52. The van der Waals surface area contributed by atoms with E-state index in [-0.39, 0.29) is 11.8 Å². The Kier molecular flexibility index (Phi) is 4.48. The average Bonchev–Trinajstić information content (AvgIpc) is 2.62. The molecule has 5 heteroatoms. The van der Waals surface area contributed by atoms with Crippen molar-refractivity contribution >= 4 is 11.7 Å². The van der Waals surface area contributed by atoms with Gasteiger partial charge in [-0.2, -0.15) is 5.26 Å². The van der Waals surface area contributed by atoms with Crippen LogP contribution in [0, 0.1) is 17.1 Å². The predicted octanol–water partition coefficient (Wildman–Crippen LogP) is 3.91. The number of amides is 2. The highest BCUT2D eigenvalue weighted by Crippen LogP contribution is 2.35. The van der Waals surface area contributed by atoms with Gasteiger partial charge in [0.05, 0.1) is 11.5 Å². The van der Waals surface area contributed by atoms with Crippen molar-refractivity contribution in [3.8, 4) is 6.07 Å². The lowest BCUT2D eigenvalue weighted by Crippen LogP contribution is -2.46. The van der Waals surface area contributed by atoms with E-state index < -0.39 is 5.41 Å². The molecule has 122 valence electrons. The highest BCUT2D eigenvalue weighted by Gasteiger charge is 2.37. The first-order valence-electron chi connectivity index (χ1n) is 7.91. The van der Waals surface area contributed by atoms with E-state index in [1.807, 2.05) is 30.3 Å². The molecule has 0 aliphatic carbocycles. The number of hydrogen-bond acceptors (Lipinski definition) is 2. The van der Waals surface area contributed by atoms with E-state index in [9.17, 15) is 14.4 Å². The fourth-order valence-electron chi connectivity index (χ4n) is 3.08. The molecule has 2 aromatic carbocycles. The van der Waals surface area contributed by atoms with Crippen molar-refractivity contribution in [2.75, 3.05) is 18.4 Å². The molecule has 0 unspecified atom stereocenters. The summed E-state index contributed by atoms with van der Waals surface area (Å²) in [4.78, 5) is 14.0. The van der Waals surface area contributed by atoms with E-state index in [4.69, 9.17) is 0 Å². The first-order chi connectivity index (χ1) is 11.6. The number of urea groups is 1. The van der Waals surface area contributed by atoms with Crippen LogP contribution in [0.25, 0.3) is 0 Å². The van der Waals surface area contributed by atoms with Crippen molar-refractivity contribution in [3.63, 3.8) is 0 Å². The lowest BCUT2D eigenvalue weighted by Gasteiger charge is -2.37. The number of nitrogens with zero attached hydrogens (tertiary/aromatic N) is 2. The molecule has 1 aliphatic rings. The van der Waals surface area contributed by atoms with Crippen LogP contribution >= 0.6 is 0 Å². The summed E-state index contributed by atoms with van der Waals surface area (Å²) >= 11 is 0. The number of carbonyl (C=O) groups is 1. The predicted molar refractivity (Wildman–Crippen MR) is 90.0 cm³/mol. The molecule has 0 spiro atoms. The van der Waals surface area contributed by atoms with Crippen LogP contribution < -0.4 is 5.32 Å². The van der Waals surface area contributed by atoms with Crippen LogP contribution in [0.5, 0.6) is 0 Å². The molecule has 4 nitrogen and oxygen atoms in total. The second kappa shape index (κ2) is 6.71. The van der Waals surface area contributed by atoms with Gasteiger partial charge in [-0.25, -0.2) is 9.18 Å². The van der Waals surface area contributed by atoms with Crippen LogP contribution in [0.2, 0.25) is 0 Å². The summed E-state index contributed by atoms with van der Waals surface area (Å²) in [5, 5.41) is 12.4. The number of anilines is 1. The molecule has 1 heterocycles. The van der Waals surface area contributed by atoms with Crippen molar-refractivity contribution in [3.05, 3.63) is 66.0 Å². The fourth-order valence-corrected chi connectivity index (χ4v) is 3.08. The van der Waals surface area contributed by atoms with Gasteiger partial charge >= 0.3 is 6.03 Å². The molecule has 1 aliphatic heterocycles. The summed E-state index contributed by atoms with van der Waals surface area (Å²) in [6.45, 7) is 0.979. The van der Waals surface area contributed by atoms with E-state index >= 15 is 0 Å². The van der Waals surface area contributed by atoms with Gasteiger partial charge in [0.2, 0.25) is 0 Å². The Bertz CT molecular complexity index is 762. The summed E-state index contributed by atoms with van der Waals surface area (Å²) in [6.07, 6.45) is 1.17. The van der Waals surface area contributed by atoms with Gasteiger partial charge in [-0.1, -0.05) is 36.4 Å². The van der Waals surface area contributed by atoms with Crippen molar-refractivity contribution in [2.24, 2.45) is 0 Å². The first kappa shape index (κ1) is 16.0. The van der Waals surface area contributed by atoms with Crippen LogP contribution in [0.4, 0.5) is 14.9 Å². The fraction of sp³-hybridized carbons (Fsp3) is 0.263. The maximum atomic E-state index is 13.2. The number of halogens is 1. The second-order valence-electron chi connectivity index (χ2n) is 5.99. The minimum Gasteiger partial charge on any atom is -0.324 e. The molecular formula is C19H18FN3O. The van der Waals surface area contributed by atoms with Crippen molar-refractivity contribution in [2.45, 2.75) is 18.3 Å². The minimum absolute atomic E-state index is 0.264. The third-order valence-electron chi connectivity index (χ3n) is 4.52. The van der Waals surface area contributed by atoms with Crippen molar-refractivity contribution < 1.29 is 9.18 Å². The number of likely N-dealkylation sites (tertiary alicyclic amines) is 1. The zero-order valence-electron chi connectivity index (χ0n) is 13.2. The largest absolute Gasteiger partial charge is 0.324 e. The highest BCUT2D eigenvalue weighted by atomic mass is 19.1. The molecule has 2 aromatic rings. The Morgan fingerprint density at radius 1 is 1.12 bits per heavy atom. The standard InChI is InChI=1S/C19H18FN3O/c20-16-7-4-8-17(13-16)22-18(24)23-11-9-19(14-21,10-12-23)15-5-2-1-3-6-15/h1-8,13H,9-12H2,(H,22,24). The minimum atomic E-state index is -0.545. The van der Waals surface area contributed by atoms with Gasteiger partial charge in [0.25, 0.3) is 0 Å². The summed E-state index contributed by atoms with van der Waals surface area (Å²) in [5.41, 5.74) is 0.884. The zero-order chi connectivity index (χ0) is 17.0. The maximum absolute atomic E-state index is 13.2. The summed E-state index contributed by atoms with van der Waals surface area (Å²) < 4.78 is 13.2. The molecule has 24 heavy (non-hydrogen) atoms. The van der Waals surface area contributed by atoms with E-state index in [0.717, 1.165) is 5.56 Å². The van der Waals surface area contributed by atoms with Crippen LogP contribution in [0.1, 0.15) is 18.4 Å². The van der Waals surface area contributed by atoms with Crippen LogP contribution in [-0.4, -0.2) is 24.0 Å². The molecule has 0 radical (unpaired) electrons. The van der Waals surface area contributed by atoms with Crippen LogP contribution in [-0.2, 0) is 5.41 Å². The van der Waals surface area contributed by atoms with Gasteiger partial charge in [-0.05, 0) is 36.6 Å². The monoisotopic (exact) mass is 323 g/mol. The normalized spacial score (nSPS) is 16.2. The number of nitriles is 1. The van der Waals surface area contributed by atoms with E-state index in [2.05, 4.69) is 11.4 Å². The number of nitrogens with one attached hydrogen (secondary N) is 1. The summed E-state index contributed by atoms with van der Waals surface area (Å²) in [5.74, 6) is -0.390. The first-order valence-corrected chi connectivity index (χ1v) is 7.91. The summed E-state index contributed by atoms with van der Waals surface area (Å²) in [7, 11) is 0. The van der Waals surface area contributed by atoms with Gasteiger partial charge in [-0.15, -0.1) is 0 Å². The number of rotatable bonds is 2. The Balaban J connectivity index is 1.66. The Morgan fingerprint density at radius 2 is 1.83 bits per heavy atom. The molecule has 2 amide bonds. The molecular weight excluding hydrogens is 305 g/mol. The molecule has 1 saturated heterocycles. The average molecular weight is 323 g/mol. The highest BCUT2D eigenvalue weighted by molar-refractivity contribution is 5.89. The Labute approximate surface area is 140 Å². The molecule has 0 saturated carbocycles. The van der Waals surface area contributed by atoms with E-state index in [1.54, 1.807) is 17.0 Å². The molecule has 0 aromatic heterocycles. The molecule has 0 atom stereocenters. The molecule has 3 rings (SSSR count). The maximum Gasteiger partial charge on any atom is 0.321 e. The molecule has 1 N–H and O–H groups in total. The number of carbonyl (C=O) groups excluding carboxylic acids is 1. The lowest BCUT2D eigenvalue weighted by atomic mass is 9.74. The topological polar surface area (TPSA) is 56.1 Å². The van der Waals surface area contributed by atoms with Gasteiger partial charge in [0, 0.05) is 18.8 Å². The Hall–Kier alpha value is -2.87. The van der Waals surface area contributed by atoms with E-state index in [1.165, 1.54) is 12.1 Å². The third kappa shape index (κ3) is 3.23. The number of benzene rings is 2. The number of piperidine rings is 1. The van der Waals surface area contributed by atoms with Gasteiger partial charge in [0.1, 0.15) is 5.82 Å². The SMILES string of the molecule is N#CC1(c2ccccc2)CCN(C(=O)Nc2cccc(F)c2)CC1. The number of hydrogen-bond donors (Lipinski definition) is 1. The zero-order valence-corrected chi connectivity index (χ0v) is 13.2.